The van der Waals surface area contributed by atoms with Gasteiger partial charge in [0.2, 0.25) is 5.91 Å². The molecule has 122 valence electrons. The minimum absolute atomic E-state index is 0.242. The highest BCUT2D eigenvalue weighted by molar-refractivity contribution is 5.81. The molecule has 3 heteroatoms. The molecule has 2 aliphatic rings. The normalized spacial score (nSPS) is 32.2. The molecule has 1 saturated carbocycles. The van der Waals surface area contributed by atoms with Gasteiger partial charge in [0, 0.05) is 30.6 Å². The highest BCUT2D eigenvalue weighted by Crippen LogP contribution is 2.30. The first-order valence-corrected chi connectivity index (χ1v) is 8.83. The van der Waals surface area contributed by atoms with E-state index in [2.05, 4.69) is 24.1 Å². The van der Waals surface area contributed by atoms with E-state index in [1.807, 2.05) is 20.8 Å². The van der Waals surface area contributed by atoms with Crippen molar-refractivity contribution in [1.29, 1.82) is 0 Å². The van der Waals surface area contributed by atoms with E-state index < -0.39 is 0 Å². The Morgan fingerprint density at radius 3 is 2.19 bits per heavy atom. The van der Waals surface area contributed by atoms with Crippen molar-refractivity contribution in [1.82, 2.24) is 10.2 Å². The van der Waals surface area contributed by atoms with Crippen LogP contribution in [0, 0.1) is 17.3 Å². The van der Waals surface area contributed by atoms with E-state index in [1.165, 1.54) is 19.3 Å². The van der Waals surface area contributed by atoms with E-state index in [0.29, 0.717) is 18.0 Å². The molecule has 3 unspecified atom stereocenters. The zero-order valence-electron chi connectivity index (χ0n) is 14.6. The minimum atomic E-state index is -0.242. The Morgan fingerprint density at radius 2 is 1.67 bits per heavy atom. The summed E-state index contributed by atoms with van der Waals surface area (Å²) in [6, 6.07) is 1.30. The van der Waals surface area contributed by atoms with Crippen molar-refractivity contribution in [3.8, 4) is 0 Å². The average molecular weight is 294 g/mol. The van der Waals surface area contributed by atoms with E-state index in [9.17, 15) is 4.79 Å². The van der Waals surface area contributed by atoms with Crippen LogP contribution in [0.2, 0.25) is 0 Å². The zero-order chi connectivity index (χ0) is 15.6. The van der Waals surface area contributed by atoms with Gasteiger partial charge in [-0.3, -0.25) is 4.79 Å². The highest BCUT2D eigenvalue weighted by atomic mass is 16.2. The van der Waals surface area contributed by atoms with Crippen molar-refractivity contribution >= 4 is 5.91 Å². The van der Waals surface area contributed by atoms with E-state index in [-0.39, 0.29) is 5.41 Å². The number of nitrogens with zero attached hydrogens (tertiary/aromatic N) is 1. The van der Waals surface area contributed by atoms with Crippen molar-refractivity contribution < 1.29 is 4.79 Å². The zero-order valence-corrected chi connectivity index (χ0v) is 14.6. The second-order valence-electron chi connectivity index (χ2n) is 8.49. The molecule has 0 aromatic carbocycles. The van der Waals surface area contributed by atoms with Gasteiger partial charge < -0.3 is 10.2 Å². The van der Waals surface area contributed by atoms with Gasteiger partial charge in [-0.1, -0.05) is 34.6 Å². The number of likely N-dealkylation sites (tertiary alicyclic amines) is 1. The summed E-state index contributed by atoms with van der Waals surface area (Å²) in [6.07, 6.45) is 6.27. The Bertz CT molecular complexity index is 353. The van der Waals surface area contributed by atoms with Gasteiger partial charge in [0.25, 0.3) is 0 Å². The van der Waals surface area contributed by atoms with Crippen LogP contribution in [0.3, 0.4) is 0 Å². The summed E-state index contributed by atoms with van der Waals surface area (Å²) in [6.45, 7) is 12.7. The number of piperidine rings is 1. The maximum Gasteiger partial charge on any atom is 0.227 e. The SMILES string of the molecule is CC1CCC(NC2CCN(C(=O)C(C)(C)C)CC2)C(C)C1. The molecular formula is C18H34N2O. The summed E-state index contributed by atoms with van der Waals surface area (Å²) in [5, 5.41) is 3.89. The summed E-state index contributed by atoms with van der Waals surface area (Å²) in [7, 11) is 0. The summed E-state index contributed by atoms with van der Waals surface area (Å²) in [4.78, 5) is 14.4. The van der Waals surface area contributed by atoms with Crippen molar-refractivity contribution in [2.45, 2.75) is 78.8 Å². The number of carbonyl (C=O) groups is 1. The Labute approximate surface area is 130 Å². The maximum atomic E-state index is 12.3. The maximum absolute atomic E-state index is 12.3. The first-order chi connectivity index (χ1) is 9.77. The third-order valence-corrected chi connectivity index (χ3v) is 5.31. The molecule has 0 aromatic heterocycles. The molecule has 21 heavy (non-hydrogen) atoms. The van der Waals surface area contributed by atoms with Crippen molar-refractivity contribution in [2.75, 3.05) is 13.1 Å². The summed E-state index contributed by atoms with van der Waals surface area (Å²) < 4.78 is 0. The van der Waals surface area contributed by atoms with Gasteiger partial charge in [-0.25, -0.2) is 0 Å². The van der Waals surface area contributed by atoms with E-state index in [1.54, 1.807) is 0 Å². The summed E-state index contributed by atoms with van der Waals surface area (Å²) >= 11 is 0. The topological polar surface area (TPSA) is 32.3 Å². The average Bonchev–Trinajstić information content (AvgIpc) is 2.41. The van der Waals surface area contributed by atoms with Crippen molar-refractivity contribution in [3.05, 3.63) is 0 Å². The van der Waals surface area contributed by atoms with Crippen LogP contribution in [0.1, 0.15) is 66.7 Å². The summed E-state index contributed by atoms with van der Waals surface area (Å²) in [5.41, 5.74) is -0.242. The monoisotopic (exact) mass is 294 g/mol. The van der Waals surface area contributed by atoms with Crippen LogP contribution in [0.25, 0.3) is 0 Å². The highest BCUT2D eigenvalue weighted by Gasteiger charge is 2.32. The Hall–Kier alpha value is -0.570. The Morgan fingerprint density at radius 1 is 1.05 bits per heavy atom. The molecule has 1 saturated heterocycles. The molecule has 0 aromatic rings. The fourth-order valence-corrected chi connectivity index (χ4v) is 3.94. The van der Waals surface area contributed by atoms with Gasteiger partial charge in [0.15, 0.2) is 0 Å². The molecule has 2 fully saturated rings. The van der Waals surface area contributed by atoms with Crippen LogP contribution in [-0.2, 0) is 4.79 Å². The number of hydrogen-bond donors (Lipinski definition) is 1. The lowest BCUT2D eigenvalue weighted by atomic mass is 9.79. The van der Waals surface area contributed by atoms with Crippen LogP contribution in [0.15, 0.2) is 0 Å². The Kier molecular flexibility index (Phi) is 5.34. The fraction of sp³-hybridized carbons (Fsp3) is 0.944. The number of carbonyl (C=O) groups excluding carboxylic acids is 1. The lowest BCUT2D eigenvalue weighted by Gasteiger charge is -2.40. The van der Waals surface area contributed by atoms with Gasteiger partial charge in [-0.05, 0) is 43.9 Å². The van der Waals surface area contributed by atoms with Crippen molar-refractivity contribution in [3.63, 3.8) is 0 Å². The fourth-order valence-electron chi connectivity index (χ4n) is 3.94. The lowest BCUT2D eigenvalue weighted by Crippen LogP contribution is -2.51. The van der Waals surface area contributed by atoms with Crippen molar-refractivity contribution in [2.24, 2.45) is 17.3 Å². The number of nitrogens with one attached hydrogen (secondary N) is 1. The minimum Gasteiger partial charge on any atom is -0.342 e. The third kappa shape index (κ3) is 4.45. The first kappa shape index (κ1) is 16.8. The summed E-state index contributed by atoms with van der Waals surface area (Å²) in [5.74, 6) is 1.99. The molecule has 0 bridgehead atoms. The molecular weight excluding hydrogens is 260 g/mol. The molecule has 2 rings (SSSR count). The Balaban J connectivity index is 1.78. The molecule has 0 radical (unpaired) electrons. The van der Waals surface area contributed by atoms with Crippen LogP contribution in [-0.4, -0.2) is 36.0 Å². The first-order valence-electron chi connectivity index (χ1n) is 8.83. The van der Waals surface area contributed by atoms with Crippen LogP contribution in [0.4, 0.5) is 0 Å². The number of rotatable bonds is 2. The van der Waals surface area contributed by atoms with E-state index in [4.69, 9.17) is 0 Å². The van der Waals surface area contributed by atoms with Crippen LogP contribution >= 0.6 is 0 Å². The number of amides is 1. The van der Waals surface area contributed by atoms with Gasteiger partial charge >= 0.3 is 0 Å². The molecule has 3 atom stereocenters. The molecule has 1 aliphatic heterocycles. The van der Waals surface area contributed by atoms with Gasteiger partial charge in [0.05, 0.1) is 0 Å². The molecule has 1 aliphatic carbocycles. The second kappa shape index (κ2) is 6.68. The molecule has 3 nitrogen and oxygen atoms in total. The predicted molar refractivity (Wildman–Crippen MR) is 88.2 cm³/mol. The largest absolute Gasteiger partial charge is 0.342 e. The molecule has 1 heterocycles. The van der Waals surface area contributed by atoms with Gasteiger partial charge in [-0.15, -0.1) is 0 Å². The van der Waals surface area contributed by atoms with E-state index >= 15 is 0 Å². The smallest absolute Gasteiger partial charge is 0.227 e. The molecule has 0 spiro atoms. The third-order valence-electron chi connectivity index (χ3n) is 5.31. The predicted octanol–water partition coefficient (Wildman–Crippen LogP) is 3.44. The van der Waals surface area contributed by atoms with Gasteiger partial charge in [0.1, 0.15) is 0 Å². The van der Waals surface area contributed by atoms with Gasteiger partial charge in [-0.2, -0.15) is 0 Å². The number of hydrogen-bond acceptors (Lipinski definition) is 2. The van der Waals surface area contributed by atoms with Crippen LogP contribution in [0.5, 0.6) is 0 Å². The second-order valence-corrected chi connectivity index (χ2v) is 8.49. The lowest BCUT2D eigenvalue weighted by molar-refractivity contribution is -0.140. The van der Waals surface area contributed by atoms with Crippen LogP contribution < -0.4 is 5.32 Å². The molecule has 1 N–H and O–H groups in total. The quantitative estimate of drug-likeness (QED) is 0.846. The standard InChI is InChI=1S/C18H34N2O/c1-13-6-7-16(14(2)12-13)19-15-8-10-20(11-9-15)17(21)18(3,4)5/h13-16,19H,6-12H2,1-5H3. The van der Waals surface area contributed by atoms with E-state index in [0.717, 1.165) is 37.8 Å². The molecule has 1 amide bonds.